The Balaban J connectivity index is 1.75. The van der Waals surface area contributed by atoms with Crippen molar-refractivity contribution in [1.29, 1.82) is 0 Å². The molecule has 0 saturated heterocycles. The van der Waals surface area contributed by atoms with Gasteiger partial charge in [0.25, 0.3) is 0 Å². The van der Waals surface area contributed by atoms with Crippen LogP contribution in [0.1, 0.15) is 0 Å². The van der Waals surface area contributed by atoms with Gasteiger partial charge in [-0.05, 0) is 59.7 Å². The number of fused-ring (bicyclic) bond motifs is 3. The zero-order valence-corrected chi connectivity index (χ0v) is 15.1. The Morgan fingerprint density at radius 2 is 1.64 bits per heavy atom. The van der Waals surface area contributed by atoms with Gasteiger partial charge in [-0.15, -0.1) is 0 Å². The number of hydrogen-bond acceptors (Lipinski definition) is 3. The predicted molar refractivity (Wildman–Crippen MR) is 114 cm³/mol. The minimum absolute atomic E-state index is 0.336. The third kappa shape index (κ3) is 2.73. The number of pyridine rings is 1. The topological polar surface area (TPSA) is 47.3 Å². The maximum Gasteiger partial charge on any atom is 0.504 e. The summed E-state index contributed by atoms with van der Waals surface area (Å²) in [6.45, 7) is 0. The van der Waals surface area contributed by atoms with Gasteiger partial charge in [0.15, 0.2) is 0 Å². The van der Waals surface area contributed by atoms with E-state index in [4.69, 9.17) is 9.68 Å². The molecule has 0 aliphatic rings. The number of para-hydroxylation sites is 1. The largest absolute Gasteiger partial charge is 0.539 e. The maximum atomic E-state index is 9.02. The molecule has 0 aliphatic carbocycles. The van der Waals surface area contributed by atoms with Crippen LogP contribution >= 0.6 is 0 Å². The molecule has 1 N–H and O–H groups in total. The van der Waals surface area contributed by atoms with Crippen LogP contribution in [0.5, 0.6) is 5.75 Å². The molecular formula is C23H17BN2O2. The molecule has 5 aromatic rings. The third-order valence-electron chi connectivity index (χ3n) is 4.93. The van der Waals surface area contributed by atoms with Gasteiger partial charge in [0.1, 0.15) is 5.75 Å². The molecule has 28 heavy (non-hydrogen) atoms. The van der Waals surface area contributed by atoms with Gasteiger partial charge in [0.05, 0.1) is 16.6 Å². The highest BCUT2D eigenvalue weighted by Crippen LogP contribution is 2.34. The SMILES string of the molecule is OBOc1cccc(-c2ccc3c(c2)c2ncccc2n3-c2ccccc2)c1. The first-order valence-corrected chi connectivity index (χ1v) is 9.14. The number of rotatable bonds is 4. The second-order valence-corrected chi connectivity index (χ2v) is 6.58. The predicted octanol–water partition coefficient (Wildman–Crippen LogP) is 4.48. The van der Waals surface area contributed by atoms with Crippen molar-refractivity contribution in [3.8, 4) is 22.6 Å². The second-order valence-electron chi connectivity index (χ2n) is 6.58. The Morgan fingerprint density at radius 3 is 2.50 bits per heavy atom. The quantitative estimate of drug-likeness (QED) is 0.478. The Kier molecular flexibility index (Phi) is 4.07. The third-order valence-corrected chi connectivity index (χ3v) is 4.93. The van der Waals surface area contributed by atoms with E-state index in [9.17, 15) is 0 Å². The lowest BCUT2D eigenvalue weighted by atomic mass is 10.0. The van der Waals surface area contributed by atoms with Crippen molar-refractivity contribution in [1.82, 2.24) is 9.55 Å². The highest BCUT2D eigenvalue weighted by Gasteiger charge is 2.14. The van der Waals surface area contributed by atoms with E-state index in [2.05, 4.69) is 45.9 Å². The molecule has 0 spiro atoms. The molecule has 0 bridgehead atoms. The number of benzene rings is 3. The van der Waals surface area contributed by atoms with Crippen molar-refractivity contribution in [2.24, 2.45) is 0 Å². The molecule has 5 heteroatoms. The fourth-order valence-corrected chi connectivity index (χ4v) is 3.71. The van der Waals surface area contributed by atoms with Crippen molar-refractivity contribution < 1.29 is 9.68 Å². The zero-order valence-electron chi connectivity index (χ0n) is 15.1. The molecule has 0 aliphatic heterocycles. The van der Waals surface area contributed by atoms with E-state index in [1.165, 1.54) is 0 Å². The van der Waals surface area contributed by atoms with Crippen molar-refractivity contribution in [2.75, 3.05) is 0 Å². The van der Waals surface area contributed by atoms with Gasteiger partial charge < -0.3 is 14.2 Å². The summed E-state index contributed by atoms with van der Waals surface area (Å²) in [4.78, 5) is 4.66. The molecule has 2 aromatic heterocycles. The summed E-state index contributed by atoms with van der Waals surface area (Å²) in [6.07, 6.45) is 1.83. The minimum Gasteiger partial charge on any atom is -0.539 e. The number of aromatic nitrogens is 2. The van der Waals surface area contributed by atoms with Crippen molar-refractivity contribution in [2.45, 2.75) is 0 Å². The summed E-state index contributed by atoms with van der Waals surface area (Å²) in [6, 6.07) is 28.5. The summed E-state index contributed by atoms with van der Waals surface area (Å²) in [5.74, 6) is 0.643. The summed E-state index contributed by atoms with van der Waals surface area (Å²) < 4.78 is 7.47. The Morgan fingerprint density at radius 1 is 0.786 bits per heavy atom. The van der Waals surface area contributed by atoms with Gasteiger partial charge in [-0.2, -0.15) is 0 Å². The summed E-state index contributed by atoms with van der Waals surface area (Å²) in [7, 11) is -0.336. The van der Waals surface area contributed by atoms with E-state index in [1.54, 1.807) is 0 Å². The molecule has 0 radical (unpaired) electrons. The smallest absolute Gasteiger partial charge is 0.504 e. The highest BCUT2D eigenvalue weighted by molar-refractivity contribution is 6.17. The van der Waals surface area contributed by atoms with E-state index in [0.717, 1.165) is 38.8 Å². The normalized spacial score (nSPS) is 11.0. The average Bonchev–Trinajstić information content (AvgIpc) is 3.08. The summed E-state index contributed by atoms with van der Waals surface area (Å²) >= 11 is 0. The molecule has 134 valence electrons. The van der Waals surface area contributed by atoms with Crippen LogP contribution in [0.4, 0.5) is 0 Å². The van der Waals surface area contributed by atoms with Gasteiger partial charge >= 0.3 is 7.69 Å². The molecule has 0 unspecified atom stereocenters. The first-order valence-electron chi connectivity index (χ1n) is 9.14. The summed E-state index contributed by atoms with van der Waals surface area (Å²) in [5.41, 5.74) is 6.40. The van der Waals surface area contributed by atoms with E-state index in [0.29, 0.717) is 5.75 Å². The van der Waals surface area contributed by atoms with Crippen LogP contribution in [0.3, 0.4) is 0 Å². The molecule has 3 aromatic carbocycles. The Labute approximate surface area is 163 Å². The van der Waals surface area contributed by atoms with Crippen molar-refractivity contribution >= 4 is 29.6 Å². The standard InChI is InChI=1S/C23H17BN2O2/c27-24-28-19-9-4-6-16(14-19)17-11-12-21-20(15-17)23-22(10-5-13-25-23)26(21)18-7-2-1-3-8-18/h1-15,24,27H. The summed E-state index contributed by atoms with van der Waals surface area (Å²) in [5, 5.41) is 10.1. The van der Waals surface area contributed by atoms with Gasteiger partial charge in [0.2, 0.25) is 0 Å². The molecule has 4 nitrogen and oxygen atoms in total. The molecule has 0 saturated carbocycles. The number of nitrogens with zero attached hydrogens (tertiary/aromatic N) is 2. The van der Waals surface area contributed by atoms with E-state index in [-0.39, 0.29) is 7.69 Å². The van der Waals surface area contributed by atoms with Crippen molar-refractivity contribution in [3.63, 3.8) is 0 Å². The molecule has 0 fully saturated rings. The van der Waals surface area contributed by atoms with Crippen LogP contribution in [0, 0.1) is 0 Å². The second kappa shape index (κ2) is 6.87. The highest BCUT2D eigenvalue weighted by atomic mass is 16.5. The van der Waals surface area contributed by atoms with Gasteiger partial charge in [-0.25, -0.2) is 0 Å². The fourth-order valence-electron chi connectivity index (χ4n) is 3.71. The van der Waals surface area contributed by atoms with Crippen LogP contribution in [-0.4, -0.2) is 22.3 Å². The lowest BCUT2D eigenvalue weighted by Gasteiger charge is -2.08. The van der Waals surface area contributed by atoms with Crippen LogP contribution in [0.25, 0.3) is 38.8 Å². The van der Waals surface area contributed by atoms with E-state index >= 15 is 0 Å². The van der Waals surface area contributed by atoms with Gasteiger partial charge in [0, 0.05) is 17.3 Å². The Bertz CT molecular complexity index is 1280. The zero-order chi connectivity index (χ0) is 18.9. The molecule has 0 atom stereocenters. The van der Waals surface area contributed by atoms with Crippen molar-refractivity contribution in [3.05, 3.63) is 91.1 Å². The molecule has 2 heterocycles. The van der Waals surface area contributed by atoms with Gasteiger partial charge in [-0.3, -0.25) is 4.98 Å². The number of hydrogen-bond donors (Lipinski definition) is 1. The first-order chi connectivity index (χ1) is 13.8. The maximum absolute atomic E-state index is 9.02. The van der Waals surface area contributed by atoms with Crippen LogP contribution in [-0.2, 0) is 0 Å². The molecule has 5 rings (SSSR count). The van der Waals surface area contributed by atoms with Crippen LogP contribution in [0.15, 0.2) is 91.1 Å². The molecule has 0 amide bonds. The van der Waals surface area contributed by atoms with Crippen LogP contribution in [0.2, 0.25) is 0 Å². The fraction of sp³-hybridized carbons (Fsp3) is 0. The Hall–Kier alpha value is -3.57. The van der Waals surface area contributed by atoms with Crippen LogP contribution < -0.4 is 4.65 Å². The minimum atomic E-state index is -0.336. The molecular weight excluding hydrogens is 347 g/mol. The lowest BCUT2D eigenvalue weighted by Crippen LogP contribution is -1.99. The lowest BCUT2D eigenvalue weighted by molar-refractivity contribution is 0.454. The van der Waals surface area contributed by atoms with Gasteiger partial charge in [-0.1, -0.05) is 36.4 Å². The van der Waals surface area contributed by atoms with E-state index < -0.39 is 0 Å². The average molecular weight is 364 g/mol. The van der Waals surface area contributed by atoms with E-state index in [1.807, 2.05) is 54.7 Å². The monoisotopic (exact) mass is 364 g/mol. The first kappa shape index (κ1) is 16.6.